The maximum atomic E-state index is 14.1. The van der Waals surface area contributed by atoms with Gasteiger partial charge in [-0.05, 0) is 73.9 Å². The molecule has 42 heavy (non-hydrogen) atoms. The summed E-state index contributed by atoms with van der Waals surface area (Å²) in [5, 5.41) is 2.75. The average Bonchev–Trinajstić information content (AvgIpc) is 3.54. The van der Waals surface area contributed by atoms with Gasteiger partial charge in [0, 0.05) is 23.4 Å². The summed E-state index contributed by atoms with van der Waals surface area (Å²) in [5.41, 5.74) is 6.08. The quantitative estimate of drug-likeness (QED) is 0.227. The van der Waals surface area contributed by atoms with Gasteiger partial charge >= 0.3 is 6.09 Å². The number of methoxy groups -OCH3 is 1. The molecule has 2 heterocycles. The molecule has 0 bridgehead atoms. The normalized spacial score (nSPS) is 13.6. The van der Waals surface area contributed by atoms with Crippen LogP contribution in [0.4, 0.5) is 10.5 Å². The molecule has 1 unspecified atom stereocenters. The maximum Gasteiger partial charge on any atom is 0.412 e. The summed E-state index contributed by atoms with van der Waals surface area (Å²) in [6.07, 6.45) is -0.507. The second kappa shape index (κ2) is 10.7. The number of nitrogens with zero attached hydrogens (tertiary/aromatic N) is 2. The summed E-state index contributed by atoms with van der Waals surface area (Å²) in [6, 6.07) is 28.5. The third kappa shape index (κ3) is 5.31. The number of anilines is 1. The first-order valence-electron chi connectivity index (χ1n) is 13.8. The van der Waals surface area contributed by atoms with E-state index in [0.29, 0.717) is 29.4 Å². The van der Waals surface area contributed by atoms with E-state index < -0.39 is 17.7 Å². The number of imidazole rings is 1. The number of amides is 2. The molecule has 0 fully saturated rings. The van der Waals surface area contributed by atoms with Gasteiger partial charge in [-0.15, -0.1) is 0 Å². The Balaban J connectivity index is 1.30. The van der Waals surface area contributed by atoms with Gasteiger partial charge in [0.25, 0.3) is 5.91 Å². The van der Waals surface area contributed by atoms with Crippen molar-refractivity contribution in [2.24, 2.45) is 0 Å². The Morgan fingerprint density at radius 3 is 2.40 bits per heavy atom. The molecule has 0 radical (unpaired) electrons. The van der Waals surface area contributed by atoms with Crippen LogP contribution in [0.3, 0.4) is 0 Å². The Bertz CT molecular complexity index is 1750. The second-order valence-electron chi connectivity index (χ2n) is 11.3. The van der Waals surface area contributed by atoms with Crippen molar-refractivity contribution in [2.45, 2.75) is 39.0 Å². The highest BCUT2D eigenvalue weighted by molar-refractivity contribution is 6.00. The first-order valence-corrected chi connectivity index (χ1v) is 13.8. The fourth-order valence-corrected chi connectivity index (χ4v) is 5.34. The third-order valence-corrected chi connectivity index (χ3v) is 7.22. The van der Waals surface area contributed by atoms with Crippen LogP contribution in [0.2, 0.25) is 0 Å². The van der Waals surface area contributed by atoms with E-state index in [-0.39, 0.29) is 5.91 Å². The molecule has 1 atom stereocenters. The van der Waals surface area contributed by atoms with Crippen LogP contribution in [0.25, 0.3) is 22.2 Å². The fourth-order valence-electron chi connectivity index (χ4n) is 5.34. The van der Waals surface area contributed by atoms with Crippen LogP contribution in [0, 0.1) is 0 Å². The smallest absolute Gasteiger partial charge is 0.412 e. The number of aromatic nitrogens is 2. The molecule has 4 aromatic carbocycles. The number of hydrogen-bond acceptors (Lipinski definition) is 5. The molecule has 0 saturated carbocycles. The van der Waals surface area contributed by atoms with Gasteiger partial charge in [-0.2, -0.15) is 0 Å². The number of nitrogens with one attached hydrogen (secondary N) is 2. The first kappa shape index (κ1) is 27.1. The number of fused-ring (bicyclic) bond motifs is 2. The van der Waals surface area contributed by atoms with E-state index in [1.807, 2.05) is 117 Å². The molecule has 2 N–H and O–H groups in total. The summed E-state index contributed by atoms with van der Waals surface area (Å²) in [5.74, 6) is 1.29. The minimum Gasteiger partial charge on any atom is -0.496 e. The molecule has 1 aliphatic rings. The molecule has 5 aromatic rings. The van der Waals surface area contributed by atoms with Crippen LogP contribution in [-0.4, -0.2) is 39.6 Å². The predicted molar refractivity (Wildman–Crippen MR) is 163 cm³/mol. The Morgan fingerprint density at radius 2 is 1.67 bits per heavy atom. The highest BCUT2D eigenvalue weighted by Gasteiger charge is 2.37. The number of rotatable bonds is 6. The van der Waals surface area contributed by atoms with E-state index in [1.165, 1.54) is 0 Å². The molecule has 1 aliphatic heterocycles. The van der Waals surface area contributed by atoms with E-state index in [4.69, 9.17) is 14.5 Å². The monoisotopic (exact) mass is 560 g/mol. The largest absolute Gasteiger partial charge is 0.496 e. The van der Waals surface area contributed by atoms with Crippen molar-refractivity contribution in [3.05, 3.63) is 114 Å². The Hall–Kier alpha value is -5.11. The lowest BCUT2D eigenvalue weighted by molar-refractivity contribution is 0.0635. The number of aromatic amines is 1. The van der Waals surface area contributed by atoms with Crippen molar-refractivity contribution in [1.82, 2.24) is 14.9 Å². The van der Waals surface area contributed by atoms with Gasteiger partial charge in [0.05, 0.1) is 18.1 Å². The maximum absolute atomic E-state index is 14.1. The highest BCUT2D eigenvalue weighted by atomic mass is 16.6. The van der Waals surface area contributed by atoms with Crippen LogP contribution < -0.4 is 10.1 Å². The van der Waals surface area contributed by atoms with Crippen molar-refractivity contribution in [2.75, 3.05) is 12.4 Å². The summed E-state index contributed by atoms with van der Waals surface area (Å²) >= 11 is 0. The zero-order valence-electron chi connectivity index (χ0n) is 24.0. The number of carbonyl (C=O) groups excluding carboxylic acids is 2. The fraction of sp³-hybridized carbons (Fsp3) is 0.206. The molecule has 8 heteroatoms. The van der Waals surface area contributed by atoms with Crippen LogP contribution in [0.1, 0.15) is 54.1 Å². The number of ether oxygens (including phenoxy) is 2. The molecule has 0 aliphatic carbocycles. The Labute approximate surface area is 244 Å². The Kier molecular flexibility index (Phi) is 6.90. The SMILES string of the molecule is COc1ccccc1C(c1nc2ccccc2[nH]1)N1Cc2ccc(-c3ccc(NC(=O)OC(C)(C)C)cc3)cc2C1=O. The number of benzene rings is 4. The average molecular weight is 561 g/mol. The topological polar surface area (TPSA) is 96.6 Å². The third-order valence-electron chi connectivity index (χ3n) is 7.22. The van der Waals surface area contributed by atoms with E-state index in [0.717, 1.165) is 33.3 Å². The predicted octanol–water partition coefficient (Wildman–Crippen LogP) is 7.33. The molecular formula is C34H32N4O4. The van der Waals surface area contributed by atoms with E-state index in [2.05, 4.69) is 10.3 Å². The van der Waals surface area contributed by atoms with Gasteiger partial charge < -0.3 is 19.4 Å². The summed E-state index contributed by atoms with van der Waals surface area (Å²) in [6.45, 7) is 5.90. The van der Waals surface area contributed by atoms with Crippen molar-refractivity contribution in [3.8, 4) is 16.9 Å². The van der Waals surface area contributed by atoms with Gasteiger partial charge in [0.1, 0.15) is 23.2 Å². The summed E-state index contributed by atoms with van der Waals surface area (Å²) in [7, 11) is 1.63. The number of para-hydroxylation sites is 3. The van der Waals surface area contributed by atoms with Crippen molar-refractivity contribution < 1.29 is 19.1 Å². The van der Waals surface area contributed by atoms with Gasteiger partial charge in [-0.1, -0.05) is 54.6 Å². The van der Waals surface area contributed by atoms with Crippen LogP contribution in [-0.2, 0) is 11.3 Å². The lowest BCUT2D eigenvalue weighted by Crippen LogP contribution is -2.31. The van der Waals surface area contributed by atoms with E-state index >= 15 is 0 Å². The molecule has 2 amide bonds. The number of H-pyrrole nitrogens is 1. The molecule has 212 valence electrons. The zero-order valence-corrected chi connectivity index (χ0v) is 24.0. The van der Waals surface area contributed by atoms with Gasteiger partial charge in [-0.25, -0.2) is 9.78 Å². The molecule has 1 aromatic heterocycles. The summed E-state index contributed by atoms with van der Waals surface area (Å²) < 4.78 is 11.1. The number of hydrogen-bond donors (Lipinski definition) is 2. The van der Waals surface area contributed by atoms with Crippen LogP contribution in [0.15, 0.2) is 91.0 Å². The first-order chi connectivity index (χ1) is 20.2. The van der Waals surface area contributed by atoms with E-state index in [1.54, 1.807) is 7.11 Å². The second-order valence-corrected chi connectivity index (χ2v) is 11.3. The van der Waals surface area contributed by atoms with Gasteiger partial charge in [0.2, 0.25) is 0 Å². The lowest BCUT2D eigenvalue weighted by Gasteiger charge is -2.28. The highest BCUT2D eigenvalue weighted by Crippen LogP contribution is 2.40. The van der Waals surface area contributed by atoms with Crippen molar-refractivity contribution in [1.29, 1.82) is 0 Å². The van der Waals surface area contributed by atoms with Crippen LogP contribution in [0.5, 0.6) is 5.75 Å². The Morgan fingerprint density at radius 1 is 0.952 bits per heavy atom. The standard InChI is InChI=1S/C34H32N4O4/c1-34(2,3)42-33(40)35-24-17-15-21(16-18-24)22-13-14-23-20-38(32(39)26(23)19-22)30(25-9-5-8-12-29(25)41-4)31-36-27-10-6-7-11-28(27)37-31/h5-19,30H,20H2,1-4H3,(H,35,40)(H,36,37). The van der Waals surface area contributed by atoms with Crippen molar-refractivity contribution in [3.63, 3.8) is 0 Å². The van der Waals surface area contributed by atoms with Crippen LogP contribution >= 0.6 is 0 Å². The molecule has 0 spiro atoms. The van der Waals surface area contributed by atoms with Gasteiger partial charge in [-0.3, -0.25) is 10.1 Å². The molecule has 8 nitrogen and oxygen atoms in total. The minimum absolute atomic E-state index is 0.0774. The lowest BCUT2D eigenvalue weighted by atomic mass is 10.00. The summed E-state index contributed by atoms with van der Waals surface area (Å²) in [4.78, 5) is 36.4. The molecule has 0 saturated heterocycles. The number of carbonyl (C=O) groups is 2. The van der Waals surface area contributed by atoms with E-state index in [9.17, 15) is 9.59 Å². The minimum atomic E-state index is -0.579. The molecule has 6 rings (SSSR count). The zero-order chi connectivity index (χ0) is 29.4. The molecular weight excluding hydrogens is 528 g/mol. The van der Waals surface area contributed by atoms with Gasteiger partial charge in [0.15, 0.2) is 0 Å². The van der Waals surface area contributed by atoms with Crippen molar-refractivity contribution >= 4 is 28.7 Å².